The molecule has 1 heterocycles. The zero-order chi connectivity index (χ0) is 9.84. The van der Waals surface area contributed by atoms with Crippen LogP contribution in [0.4, 0.5) is 0 Å². The Kier molecular flexibility index (Phi) is 3.01. The summed E-state index contributed by atoms with van der Waals surface area (Å²) in [7, 11) is 0. The van der Waals surface area contributed by atoms with Crippen molar-refractivity contribution in [3.05, 3.63) is 33.7 Å². The molecule has 70 valence electrons. The van der Waals surface area contributed by atoms with Crippen LogP contribution in [0.5, 0.6) is 0 Å². The quantitative estimate of drug-likeness (QED) is 0.717. The van der Waals surface area contributed by atoms with Crippen LogP contribution in [-0.2, 0) is 0 Å². The third kappa shape index (κ3) is 2.28. The molecule has 3 heteroatoms. The molecule has 0 aliphatic heterocycles. The van der Waals surface area contributed by atoms with E-state index in [2.05, 4.69) is 4.98 Å². The number of aromatic nitrogens is 1. The minimum Gasteiger partial charge on any atom is -0.328 e. The molecule has 1 aromatic rings. The van der Waals surface area contributed by atoms with Crippen molar-refractivity contribution in [1.29, 1.82) is 0 Å². The van der Waals surface area contributed by atoms with Crippen molar-refractivity contribution >= 4 is 5.78 Å². The van der Waals surface area contributed by atoms with E-state index in [4.69, 9.17) is 0 Å². The Morgan fingerprint density at radius 2 is 2.23 bits per heavy atom. The van der Waals surface area contributed by atoms with E-state index in [1.165, 1.54) is 12.3 Å². The average Bonchev–Trinajstić information content (AvgIpc) is 2.04. The number of ketones is 1. The number of rotatable bonds is 3. The largest absolute Gasteiger partial charge is 0.328 e. The fourth-order valence-electron chi connectivity index (χ4n) is 1.24. The molecule has 0 radical (unpaired) electrons. The number of hydrogen-bond donors (Lipinski definition) is 1. The molecule has 1 aromatic heterocycles. The average molecular weight is 179 g/mol. The Morgan fingerprint density at radius 1 is 1.54 bits per heavy atom. The van der Waals surface area contributed by atoms with Crippen molar-refractivity contribution in [3.8, 4) is 0 Å². The number of aromatic amines is 1. The van der Waals surface area contributed by atoms with E-state index in [-0.39, 0.29) is 11.3 Å². The van der Waals surface area contributed by atoms with Gasteiger partial charge in [-0.25, -0.2) is 0 Å². The van der Waals surface area contributed by atoms with Crippen LogP contribution in [0.15, 0.2) is 17.1 Å². The monoisotopic (exact) mass is 179 g/mol. The minimum atomic E-state index is -0.162. The molecular weight excluding hydrogens is 166 g/mol. The molecule has 0 unspecified atom stereocenters. The molecule has 0 saturated heterocycles. The lowest BCUT2D eigenvalue weighted by Crippen LogP contribution is -2.10. The van der Waals surface area contributed by atoms with Crippen LogP contribution in [0.25, 0.3) is 0 Å². The van der Waals surface area contributed by atoms with Gasteiger partial charge in [0.1, 0.15) is 0 Å². The molecule has 0 atom stereocenters. The summed E-state index contributed by atoms with van der Waals surface area (Å²) in [5, 5.41) is 0. The predicted octanol–water partition coefficient (Wildman–Crippen LogP) is 1.67. The number of H-pyrrole nitrogens is 1. The molecule has 13 heavy (non-hydrogen) atoms. The van der Waals surface area contributed by atoms with E-state index in [9.17, 15) is 9.59 Å². The molecule has 0 spiro atoms. The summed E-state index contributed by atoms with van der Waals surface area (Å²) in [6.07, 6.45) is 2.86. The third-order valence-electron chi connectivity index (χ3n) is 1.91. The molecule has 1 rings (SSSR count). The van der Waals surface area contributed by atoms with Crippen LogP contribution in [0, 0.1) is 6.92 Å². The third-order valence-corrected chi connectivity index (χ3v) is 1.91. The Morgan fingerprint density at radius 3 is 2.77 bits per heavy atom. The summed E-state index contributed by atoms with van der Waals surface area (Å²) in [6, 6.07) is 1.45. The first kappa shape index (κ1) is 9.71. The minimum absolute atomic E-state index is 0.0938. The second kappa shape index (κ2) is 4.03. The van der Waals surface area contributed by atoms with Crippen LogP contribution < -0.4 is 5.56 Å². The zero-order valence-electron chi connectivity index (χ0n) is 7.89. The molecule has 0 aliphatic carbocycles. The molecule has 3 nitrogen and oxygen atoms in total. The van der Waals surface area contributed by atoms with E-state index in [1.54, 1.807) is 6.92 Å². The highest BCUT2D eigenvalue weighted by molar-refractivity contribution is 5.96. The van der Waals surface area contributed by atoms with Gasteiger partial charge in [-0.1, -0.05) is 6.92 Å². The van der Waals surface area contributed by atoms with Gasteiger partial charge in [0, 0.05) is 24.2 Å². The number of nitrogens with one attached hydrogen (secondary N) is 1. The zero-order valence-corrected chi connectivity index (χ0v) is 7.89. The maximum atomic E-state index is 11.5. The standard InChI is InChI=1S/C10H13NO2/c1-3-4-9(12)8-6-11-10(13)5-7(8)2/h5-6H,3-4H2,1-2H3,(H,11,13). The fourth-order valence-corrected chi connectivity index (χ4v) is 1.24. The smallest absolute Gasteiger partial charge is 0.248 e. The summed E-state index contributed by atoms with van der Waals surface area (Å²) >= 11 is 0. The van der Waals surface area contributed by atoms with Crippen molar-refractivity contribution in [3.63, 3.8) is 0 Å². The lowest BCUT2D eigenvalue weighted by molar-refractivity contribution is 0.0981. The van der Waals surface area contributed by atoms with Crippen LogP contribution in [0.3, 0.4) is 0 Å². The molecule has 0 aliphatic rings. The number of pyridine rings is 1. The molecular formula is C10H13NO2. The van der Waals surface area contributed by atoms with Gasteiger partial charge in [-0.3, -0.25) is 9.59 Å². The van der Waals surface area contributed by atoms with Gasteiger partial charge >= 0.3 is 0 Å². The van der Waals surface area contributed by atoms with E-state index in [1.807, 2.05) is 6.92 Å². The summed E-state index contributed by atoms with van der Waals surface area (Å²) in [6.45, 7) is 3.73. The number of hydrogen-bond acceptors (Lipinski definition) is 2. The Labute approximate surface area is 76.8 Å². The number of aryl methyl sites for hydroxylation is 1. The van der Waals surface area contributed by atoms with E-state index in [0.29, 0.717) is 12.0 Å². The number of Topliss-reactive ketones (excluding diaryl/α,β-unsaturated/α-hetero) is 1. The van der Waals surface area contributed by atoms with Crippen molar-refractivity contribution in [2.75, 3.05) is 0 Å². The molecule has 0 saturated carbocycles. The summed E-state index contributed by atoms with van der Waals surface area (Å²) in [5.41, 5.74) is 1.22. The van der Waals surface area contributed by atoms with Gasteiger partial charge in [-0.2, -0.15) is 0 Å². The molecule has 1 N–H and O–H groups in total. The van der Waals surface area contributed by atoms with Crippen LogP contribution in [-0.4, -0.2) is 10.8 Å². The topological polar surface area (TPSA) is 49.9 Å². The van der Waals surface area contributed by atoms with E-state index in [0.717, 1.165) is 12.0 Å². The van der Waals surface area contributed by atoms with Crippen LogP contribution in [0.1, 0.15) is 35.7 Å². The lowest BCUT2D eigenvalue weighted by atomic mass is 10.0. The van der Waals surface area contributed by atoms with Crippen molar-refractivity contribution in [1.82, 2.24) is 4.98 Å². The van der Waals surface area contributed by atoms with Gasteiger partial charge in [-0.15, -0.1) is 0 Å². The summed E-state index contributed by atoms with van der Waals surface area (Å²) in [5.74, 6) is 0.0938. The summed E-state index contributed by atoms with van der Waals surface area (Å²) in [4.78, 5) is 24.8. The predicted molar refractivity (Wildman–Crippen MR) is 51.0 cm³/mol. The molecule has 0 amide bonds. The van der Waals surface area contributed by atoms with Crippen LogP contribution >= 0.6 is 0 Å². The van der Waals surface area contributed by atoms with Gasteiger partial charge in [0.25, 0.3) is 0 Å². The maximum absolute atomic E-state index is 11.5. The van der Waals surface area contributed by atoms with Crippen molar-refractivity contribution in [2.45, 2.75) is 26.7 Å². The first-order valence-electron chi connectivity index (χ1n) is 4.37. The van der Waals surface area contributed by atoms with Crippen molar-refractivity contribution < 1.29 is 4.79 Å². The lowest BCUT2D eigenvalue weighted by Gasteiger charge is -2.01. The number of carbonyl (C=O) groups excluding carboxylic acids is 1. The highest BCUT2D eigenvalue weighted by Crippen LogP contribution is 2.07. The maximum Gasteiger partial charge on any atom is 0.248 e. The van der Waals surface area contributed by atoms with Gasteiger partial charge in [-0.05, 0) is 18.9 Å². The SMILES string of the molecule is CCCC(=O)c1c[nH]c(=O)cc1C. The first-order chi connectivity index (χ1) is 6.15. The van der Waals surface area contributed by atoms with Gasteiger partial charge < -0.3 is 4.98 Å². The molecule has 0 bridgehead atoms. The summed E-state index contributed by atoms with van der Waals surface area (Å²) < 4.78 is 0. The molecule has 0 fully saturated rings. The Balaban J connectivity index is 3.02. The van der Waals surface area contributed by atoms with E-state index >= 15 is 0 Å². The number of carbonyl (C=O) groups is 1. The normalized spacial score (nSPS) is 10.0. The van der Waals surface area contributed by atoms with Gasteiger partial charge in [0.15, 0.2) is 5.78 Å². The first-order valence-corrected chi connectivity index (χ1v) is 4.37. The highest BCUT2D eigenvalue weighted by atomic mass is 16.1. The van der Waals surface area contributed by atoms with Gasteiger partial charge in [0.05, 0.1) is 0 Å². The second-order valence-electron chi connectivity index (χ2n) is 3.07. The van der Waals surface area contributed by atoms with Crippen LogP contribution in [0.2, 0.25) is 0 Å². The fraction of sp³-hybridized carbons (Fsp3) is 0.400. The Bertz CT molecular complexity index is 365. The highest BCUT2D eigenvalue weighted by Gasteiger charge is 2.07. The van der Waals surface area contributed by atoms with E-state index < -0.39 is 0 Å². The molecule has 0 aromatic carbocycles. The second-order valence-corrected chi connectivity index (χ2v) is 3.07. The van der Waals surface area contributed by atoms with Gasteiger partial charge in [0.2, 0.25) is 5.56 Å². The van der Waals surface area contributed by atoms with Crippen molar-refractivity contribution in [2.24, 2.45) is 0 Å². The Hall–Kier alpha value is -1.38.